The molecule has 0 radical (unpaired) electrons. The highest BCUT2D eigenvalue weighted by molar-refractivity contribution is 5.55. The van der Waals surface area contributed by atoms with E-state index in [-0.39, 0.29) is 6.29 Å². The molecule has 0 aliphatic heterocycles. The normalized spacial score (nSPS) is 12.7. The Balaban J connectivity index is 2.84. The van der Waals surface area contributed by atoms with Gasteiger partial charge in [0.25, 0.3) is 0 Å². The van der Waals surface area contributed by atoms with E-state index in [1.807, 2.05) is 51.1 Å². The molecular formula is C14H20O3. The van der Waals surface area contributed by atoms with Crippen molar-refractivity contribution in [3.8, 4) is 11.5 Å². The maximum atomic E-state index is 5.64. The number of ether oxygens (including phenoxy) is 3. The second-order valence-electron chi connectivity index (χ2n) is 3.55. The molecule has 0 saturated carbocycles. The first-order valence-electron chi connectivity index (χ1n) is 5.80. The van der Waals surface area contributed by atoms with Crippen molar-refractivity contribution < 1.29 is 14.2 Å². The Morgan fingerprint density at radius 1 is 1.29 bits per heavy atom. The Morgan fingerprint density at radius 2 is 2.06 bits per heavy atom. The fourth-order valence-electron chi connectivity index (χ4n) is 1.53. The summed E-state index contributed by atoms with van der Waals surface area (Å²) in [4.78, 5) is 0. The van der Waals surface area contributed by atoms with Crippen molar-refractivity contribution in [3.63, 3.8) is 0 Å². The van der Waals surface area contributed by atoms with E-state index in [0.717, 1.165) is 5.56 Å². The number of benzene rings is 1. The molecule has 1 aromatic rings. The summed E-state index contributed by atoms with van der Waals surface area (Å²) in [6.07, 6.45) is 3.72. The second-order valence-corrected chi connectivity index (χ2v) is 3.55. The van der Waals surface area contributed by atoms with E-state index in [1.165, 1.54) is 0 Å². The largest absolute Gasteiger partial charge is 0.493 e. The minimum absolute atomic E-state index is 0.276. The summed E-state index contributed by atoms with van der Waals surface area (Å²) >= 11 is 0. The predicted octanol–water partition coefficient (Wildman–Crippen LogP) is 3.49. The van der Waals surface area contributed by atoms with Crippen LogP contribution in [0.2, 0.25) is 0 Å². The Bertz CT molecular complexity index is 372. The predicted molar refractivity (Wildman–Crippen MR) is 69.4 cm³/mol. The van der Waals surface area contributed by atoms with Gasteiger partial charge in [0.15, 0.2) is 17.8 Å². The maximum absolute atomic E-state index is 5.64. The minimum atomic E-state index is -0.276. The lowest BCUT2D eigenvalue weighted by atomic mass is 10.2. The zero-order chi connectivity index (χ0) is 12.7. The maximum Gasteiger partial charge on any atom is 0.197 e. The summed E-state index contributed by atoms with van der Waals surface area (Å²) in [6.45, 7) is 6.41. The topological polar surface area (TPSA) is 27.7 Å². The third-order valence-electron chi connectivity index (χ3n) is 2.24. The lowest BCUT2D eigenvalue weighted by molar-refractivity contribution is -0.0623. The van der Waals surface area contributed by atoms with Gasteiger partial charge in [0.1, 0.15) is 0 Å². The van der Waals surface area contributed by atoms with Gasteiger partial charge in [-0.3, -0.25) is 0 Å². The van der Waals surface area contributed by atoms with E-state index in [9.17, 15) is 0 Å². The molecule has 0 aromatic heterocycles. The highest BCUT2D eigenvalue weighted by Crippen LogP contribution is 2.29. The number of allylic oxidation sites excluding steroid dienone is 1. The Labute approximate surface area is 103 Å². The van der Waals surface area contributed by atoms with Crippen LogP contribution < -0.4 is 9.47 Å². The van der Waals surface area contributed by atoms with Gasteiger partial charge in [0.2, 0.25) is 0 Å². The number of methoxy groups -OCH3 is 1. The van der Waals surface area contributed by atoms with Crippen LogP contribution in [0, 0.1) is 0 Å². The van der Waals surface area contributed by atoms with Crippen LogP contribution in [0.5, 0.6) is 11.5 Å². The third-order valence-corrected chi connectivity index (χ3v) is 2.24. The smallest absolute Gasteiger partial charge is 0.197 e. The number of rotatable bonds is 6. The summed E-state index contributed by atoms with van der Waals surface area (Å²) in [7, 11) is 1.63. The van der Waals surface area contributed by atoms with E-state index in [0.29, 0.717) is 18.1 Å². The van der Waals surface area contributed by atoms with Gasteiger partial charge in [0.05, 0.1) is 7.11 Å². The highest BCUT2D eigenvalue weighted by atomic mass is 16.7. The first-order valence-corrected chi connectivity index (χ1v) is 5.80. The van der Waals surface area contributed by atoms with Crippen molar-refractivity contribution in [2.45, 2.75) is 27.1 Å². The zero-order valence-corrected chi connectivity index (χ0v) is 10.9. The standard InChI is InChI=1S/C14H20O3/c1-5-7-12-8-9-13(14(10-12)15-4)17-11(3)16-6-2/h5,7-11H,6H2,1-4H3/b7-5-. The molecule has 3 nitrogen and oxygen atoms in total. The summed E-state index contributed by atoms with van der Waals surface area (Å²) < 4.78 is 16.3. The molecule has 0 amide bonds. The monoisotopic (exact) mass is 236 g/mol. The minimum Gasteiger partial charge on any atom is -0.493 e. The van der Waals surface area contributed by atoms with Crippen molar-refractivity contribution in [1.82, 2.24) is 0 Å². The molecule has 3 heteroatoms. The van der Waals surface area contributed by atoms with Crippen LogP contribution in [0.1, 0.15) is 26.3 Å². The molecule has 17 heavy (non-hydrogen) atoms. The molecule has 1 rings (SSSR count). The summed E-state index contributed by atoms with van der Waals surface area (Å²) in [6, 6.07) is 5.81. The van der Waals surface area contributed by atoms with Gasteiger partial charge in [-0.2, -0.15) is 0 Å². The van der Waals surface area contributed by atoms with Gasteiger partial charge >= 0.3 is 0 Å². The number of hydrogen-bond acceptors (Lipinski definition) is 3. The van der Waals surface area contributed by atoms with Crippen LogP contribution in [0.15, 0.2) is 24.3 Å². The molecule has 0 heterocycles. The van der Waals surface area contributed by atoms with Crippen molar-refractivity contribution in [3.05, 3.63) is 29.8 Å². The lowest BCUT2D eigenvalue weighted by Gasteiger charge is -2.16. The fourth-order valence-corrected chi connectivity index (χ4v) is 1.53. The molecule has 1 unspecified atom stereocenters. The molecule has 0 N–H and O–H groups in total. The average molecular weight is 236 g/mol. The molecule has 0 aliphatic rings. The SMILES string of the molecule is C/C=C\c1ccc(OC(C)OCC)c(OC)c1. The first kappa shape index (κ1) is 13.6. The van der Waals surface area contributed by atoms with Crippen molar-refractivity contribution in [2.24, 2.45) is 0 Å². The average Bonchev–Trinajstić information content (AvgIpc) is 2.31. The van der Waals surface area contributed by atoms with Crippen LogP contribution in [0.4, 0.5) is 0 Å². The molecule has 1 aromatic carbocycles. The zero-order valence-electron chi connectivity index (χ0n) is 10.9. The molecule has 0 bridgehead atoms. The summed E-state index contributed by atoms with van der Waals surface area (Å²) in [5.74, 6) is 1.41. The number of hydrogen-bond donors (Lipinski definition) is 0. The molecule has 1 atom stereocenters. The van der Waals surface area contributed by atoms with Crippen LogP contribution in [0.3, 0.4) is 0 Å². The van der Waals surface area contributed by atoms with E-state index in [1.54, 1.807) is 7.11 Å². The molecule has 0 aliphatic carbocycles. The Hall–Kier alpha value is -1.48. The van der Waals surface area contributed by atoms with Crippen LogP contribution >= 0.6 is 0 Å². The molecule has 0 saturated heterocycles. The van der Waals surface area contributed by atoms with Crippen LogP contribution in [-0.2, 0) is 4.74 Å². The molecule has 0 spiro atoms. The fraction of sp³-hybridized carbons (Fsp3) is 0.429. The van der Waals surface area contributed by atoms with Crippen LogP contribution in [0.25, 0.3) is 6.08 Å². The second kappa shape index (κ2) is 6.97. The molecule has 94 valence electrons. The highest BCUT2D eigenvalue weighted by Gasteiger charge is 2.08. The van der Waals surface area contributed by atoms with E-state index in [2.05, 4.69) is 0 Å². The van der Waals surface area contributed by atoms with Gasteiger partial charge in [-0.15, -0.1) is 0 Å². The molecule has 0 fully saturated rings. The van der Waals surface area contributed by atoms with Gasteiger partial charge < -0.3 is 14.2 Å². The first-order chi connectivity index (χ1) is 8.21. The van der Waals surface area contributed by atoms with Crippen molar-refractivity contribution >= 4 is 6.08 Å². The third kappa shape index (κ3) is 4.11. The van der Waals surface area contributed by atoms with Gasteiger partial charge in [-0.1, -0.05) is 18.2 Å². The van der Waals surface area contributed by atoms with Crippen LogP contribution in [-0.4, -0.2) is 20.0 Å². The van der Waals surface area contributed by atoms with Crippen molar-refractivity contribution in [1.29, 1.82) is 0 Å². The lowest BCUT2D eigenvalue weighted by Crippen LogP contribution is -2.16. The Kier molecular flexibility index (Phi) is 5.57. The van der Waals surface area contributed by atoms with Crippen molar-refractivity contribution in [2.75, 3.05) is 13.7 Å². The van der Waals surface area contributed by atoms with E-state index in [4.69, 9.17) is 14.2 Å². The van der Waals surface area contributed by atoms with Gasteiger partial charge in [0, 0.05) is 6.61 Å². The Morgan fingerprint density at radius 3 is 2.65 bits per heavy atom. The van der Waals surface area contributed by atoms with E-state index >= 15 is 0 Å². The summed E-state index contributed by atoms with van der Waals surface area (Å²) in [5, 5.41) is 0. The van der Waals surface area contributed by atoms with E-state index < -0.39 is 0 Å². The summed E-state index contributed by atoms with van der Waals surface area (Å²) in [5.41, 5.74) is 1.08. The molecular weight excluding hydrogens is 216 g/mol. The van der Waals surface area contributed by atoms with Gasteiger partial charge in [-0.05, 0) is 38.5 Å². The van der Waals surface area contributed by atoms with Gasteiger partial charge in [-0.25, -0.2) is 0 Å². The quantitative estimate of drug-likeness (QED) is 0.708.